The van der Waals surface area contributed by atoms with Gasteiger partial charge in [-0.2, -0.15) is 20.5 Å². The third-order valence-corrected chi connectivity index (χ3v) is 5.18. The van der Waals surface area contributed by atoms with E-state index in [4.69, 9.17) is 0 Å². The SMILES string of the molecule is CCC(CC)(CNCC1CC(F)(F)C(=O)O1)SC. The minimum absolute atomic E-state index is 0.130. The molecule has 6 heteroatoms. The summed E-state index contributed by atoms with van der Waals surface area (Å²) in [5.41, 5.74) is 0. The minimum atomic E-state index is -3.31. The number of cyclic esters (lactones) is 1. The Morgan fingerprint density at radius 1 is 1.50 bits per heavy atom. The number of ether oxygens (including phenoxy) is 1. The van der Waals surface area contributed by atoms with Gasteiger partial charge in [-0.05, 0) is 19.1 Å². The molecule has 0 radical (unpaired) electrons. The van der Waals surface area contributed by atoms with Crippen molar-refractivity contribution in [1.82, 2.24) is 5.32 Å². The van der Waals surface area contributed by atoms with Crippen molar-refractivity contribution < 1.29 is 18.3 Å². The van der Waals surface area contributed by atoms with Crippen molar-refractivity contribution in [2.45, 2.75) is 49.9 Å². The van der Waals surface area contributed by atoms with Crippen LogP contribution in [0.3, 0.4) is 0 Å². The number of rotatable bonds is 7. The quantitative estimate of drug-likeness (QED) is 0.728. The maximum absolute atomic E-state index is 12.9. The van der Waals surface area contributed by atoms with Crippen LogP contribution in [-0.4, -0.2) is 42.1 Å². The molecule has 1 atom stereocenters. The van der Waals surface area contributed by atoms with Gasteiger partial charge in [0.15, 0.2) is 0 Å². The second-order valence-corrected chi connectivity index (χ2v) is 5.94. The van der Waals surface area contributed by atoms with Gasteiger partial charge in [-0.15, -0.1) is 0 Å². The van der Waals surface area contributed by atoms with Crippen molar-refractivity contribution in [3.8, 4) is 0 Å². The second-order valence-electron chi connectivity index (χ2n) is 4.66. The molecule has 3 nitrogen and oxygen atoms in total. The molecule has 1 unspecified atom stereocenters. The fourth-order valence-corrected chi connectivity index (χ4v) is 2.91. The average molecular weight is 281 g/mol. The van der Waals surface area contributed by atoms with E-state index in [0.29, 0.717) is 6.54 Å². The summed E-state index contributed by atoms with van der Waals surface area (Å²) in [4.78, 5) is 10.8. The predicted octanol–water partition coefficient (Wildman–Crippen LogP) is 2.45. The summed E-state index contributed by atoms with van der Waals surface area (Å²) in [7, 11) is 0. The summed E-state index contributed by atoms with van der Waals surface area (Å²) in [5, 5.41) is 3.15. The molecule has 106 valence electrons. The molecule has 0 aromatic heterocycles. The minimum Gasteiger partial charge on any atom is -0.456 e. The smallest absolute Gasteiger partial charge is 0.377 e. The Morgan fingerprint density at radius 3 is 2.50 bits per heavy atom. The number of carbonyl (C=O) groups excluding carboxylic acids is 1. The number of halogens is 2. The zero-order chi connectivity index (χ0) is 13.8. The van der Waals surface area contributed by atoms with E-state index in [1.54, 1.807) is 11.8 Å². The molecule has 0 aromatic rings. The highest BCUT2D eigenvalue weighted by Gasteiger charge is 2.50. The summed E-state index contributed by atoms with van der Waals surface area (Å²) < 4.78 is 30.6. The Balaban J connectivity index is 2.37. The third kappa shape index (κ3) is 3.57. The van der Waals surface area contributed by atoms with E-state index in [1.807, 2.05) is 0 Å². The Labute approximate surface area is 111 Å². The van der Waals surface area contributed by atoms with Crippen molar-refractivity contribution in [2.24, 2.45) is 0 Å². The highest BCUT2D eigenvalue weighted by molar-refractivity contribution is 8.00. The molecule has 0 aliphatic carbocycles. The summed E-state index contributed by atoms with van der Waals surface area (Å²) >= 11 is 1.78. The highest BCUT2D eigenvalue weighted by atomic mass is 32.2. The lowest BCUT2D eigenvalue weighted by atomic mass is 10.0. The van der Waals surface area contributed by atoms with Crippen LogP contribution in [0.2, 0.25) is 0 Å². The van der Waals surface area contributed by atoms with E-state index in [0.717, 1.165) is 19.4 Å². The van der Waals surface area contributed by atoms with Gasteiger partial charge < -0.3 is 10.1 Å². The number of carbonyl (C=O) groups is 1. The van der Waals surface area contributed by atoms with E-state index in [1.165, 1.54) is 0 Å². The summed E-state index contributed by atoms with van der Waals surface area (Å²) in [5.74, 6) is -4.70. The first-order chi connectivity index (χ1) is 8.39. The fourth-order valence-electron chi connectivity index (χ4n) is 2.08. The topological polar surface area (TPSA) is 38.3 Å². The predicted molar refractivity (Wildman–Crippen MR) is 69.1 cm³/mol. The van der Waals surface area contributed by atoms with Crippen LogP contribution >= 0.6 is 11.8 Å². The first-order valence-corrected chi connectivity index (χ1v) is 7.46. The van der Waals surface area contributed by atoms with Crippen LogP contribution in [0.1, 0.15) is 33.1 Å². The standard InChI is InChI=1S/C12H21F2NO2S/c1-4-11(5-2,18-3)8-15-7-9-6-12(13,14)10(16)17-9/h9,15H,4-8H2,1-3H3. The maximum atomic E-state index is 12.9. The molecule has 1 aliphatic heterocycles. The second kappa shape index (κ2) is 6.19. The first kappa shape index (κ1) is 15.7. The van der Waals surface area contributed by atoms with Crippen LogP contribution in [0, 0.1) is 0 Å². The van der Waals surface area contributed by atoms with Crippen molar-refractivity contribution in [1.29, 1.82) is 0 Å². The van der Waals surface area contributed by atoms with Gasteiger partial charge >= 0.3 is 11.9 Å². The Kier molecular flexibility index (Phi) is 5.40. The molecular weight excluding hydrogens is 260 g/mol. The summed E-state index contributed by atoms with van der Waals surface area (Å²) in [6, 6.07) is 0. The van der Waals surface area contributed by atoms with Crippen LogP contribution < -0.4 is 5.32 Å². The van der Waals surface area contributed by atoms with Gasteiger partial charge in [0, 0.05) is 17.8 Å². The van der Waals surface area contributed by atoms with Gasteiger partial charge in [-0.25, -0.2) is 4.79 Å². The molecule has 1 N–H and O–H groups in total. The van der Waals surface area contributed by atoms with Crippen LogP contribution in [-0.2, 0) is 9.53 Å². The average Bonchev–Trinajstić information content (AvgIpc) is 2.59. The van der Waals surface area contributed by atoms with E-state index in [9.17, 15) is 13.6 Å². The molecule has 0 spiro atoms. The molecule has 1 saturated heterocycles. The van der Waals surface area contributed by atoms with Gasteiger partial charge in [0.25, 0.3) is 0 Å². The largest absolute Gasteiger partial charge is 0.456 e. The molecule has 0 amide bonds. The molecule has 1 fully saturated rings. The van der Waals surface area contributed by atoms with Crippen LogP contribution in [0.5, 0.6) is 0 Å². The molecule has 1 rings (SSSR count). The number of hydrogen-bond acceptors (Lipinski definition) is 4. The number of nitrogens with one attached hydrogen (secondary N) is 1. The maximum Gasteiger partial charge on any atom is 0.377 e. The molecule has 0 aromatic carbocycles. The normalized spacial score (nSPS) is 23.2. The number of esters is 1. The third-order valence-electron chi connectivity index (χ3n) is 3.60. The van der Waals surface area contributed by atoms with E-state index in [2.05, 4.69) is 30.2 Å². The Bertz CT molecular complexity index is 288. The fraction of sp³-hybridized carbons (Fsp3) is 0.917. The van der Waals surface area contributed by atoms with E-state index < -0.39 is 24.4 Å². The number of alkyl halides is 2. The lowest BCUT2D eigenvalue weighted by molar-refractivity contribution is -0.159. The van der Waals surface area contributed by atoms with Crippen LogP contribution in [0.25, 0.3) is 0 Å². The molecule has 18 heavy (non-hydrogen) atoms. The van der Waals surface area contributed by atoms with Gasteiger partial charge in [0.05, 0.1) is 6.42 Å². The first-order valence-electron chi connectivity index (χ1n) is 6.24. The van der Waals surface area contributed by atoms with E-state index >= 15 is 0 Å². The van der Waals surface area contributed by atoms with Gasteiger partial charge in [-0.3, -0.25) is 0 Å². The lowest BCUT2D eigenvalue weighted by Gasteiger charge is -2.30. The highest BCUT2D eigenvalue weighted by Crippen LogP contribution is 2.31. The van der Waals surface area contributed by atoms with Crippen molar-refractivity contribution in [2.75, 3.05) is 19.3 Å². The monoisotopic (exact) mass is 281 g/mol. The number of hydrogen-bond donors (Lipinski definition) is 1. The zero-order valence-corrected chi connectivity index (χ0v) is 11.9. The van der Waals surface area contributed by atoms with Crippen LogP contribution in [0.15, 0.2) is 0 Å². The lowest BCUT2D eigenvalue weighted by Crippen LogP contribution is -2.39. The molecule has 1 aliphatic rings. The van der Waals surface area contributed by atoms with Gasteiger partial charge in [0.2, 0.25) is 0 Å². The van der Waals surface area contributed by atoms with Crippen LogP contribution in [0.4, 0.5) is 8.78 Å². The summed E-state index contributed by atoms with van der Waals surface area (Å²) in [6.45, 7) is 5.27. The zero-order valence-electron chi connectivity index (χ0n) is 11.1. The van der Waals surface area contributed by atoms with E-state index in [-0.39, 0.29) is 4.75 Å². The van der Waals surface area contributed by atoms with Crippen molar-refractivity contribution in [3.05, 3.63) is 0 Å². The molecule has 0 bridgehead atoms. The summed E-state index contributed by atoms with van der Waals surface area (Å²) in [6.07, 6.45) is 2.86. The van der Waals surface area contributed by atoms with Crippen molar-refractivity contribution >= 4 is 17.7 Å². The Morgan fingerprint density at radius 2 is 2.11 bits per heavy atom. The Hall–Kier alpha value is -0.360. The molecular formula is C12H21F2NO2S. The van der Waals surface area contributed by atoms with Gasteiger partial charge in [-0.1, -0.05) is 13.8 Å². The molecule has 0 saturated carbocycles. The number of thioether (sulfide) groups is 1. The van der Waals surface area contributed by atoms with Crippen molar-refractivity contribution in [3.63, 3.8) is 0 Å². The van der Waals surface area contributed by atoms with Gasteiger partial charge in [0.1, 0.15) is 6.10 Å². The molecule has 1 heterocycles.